The lowest BCUT2D eigenvalue weighted by molar-refractivity contribution is -0.137. The van der Waals surface area contributed by atoms with E-state index in [0.29, 0.717) is 6.42 Å². The van der Waals surface area contributed by atoms with E-state index in [1.54, 1.807) is 0 Å². The van der Waals surface area contributed by atoms with E-state index in [1.165, 1.54) is 51.4 Å². The first-order valence-corrected chi connectivity index (χ1v) is 10.7. The molecule has 0 spiro atoms. The van der Waals surface area contributed by atoms with Gasteiger partial charge >= 0.3 is 5.97 Å². The minimum absolute atomic E-state index is 0.102. The van der Waals surface area contributed by atoms with Gasteiger partial charge in [-0.25, -0.2) is 0 Å². The predicted molar refractivity (Wildman–Crippen MR) is 105 cm³/mol. The monoisotopic (exact) mass is 374 g/mol. The fourth-order valence-electron chi connectivity index (χ4n) is 3.12. The van der Waals surface area contributed by atoms with Gasteiger partial charge in [-0.15, -0.1) is 0 Å². The second-order valence-electron chi connectivity index (χ2n) is 7.40. The molecule has 0 aromatic rings. The Hall–Kier alpha value is -0.650. The minimum atomic E-state index is -0.812. The molecule has 0 aromatic carbocycles. The lowest BCUT2D eigenvalue weighted by atomic mass is 10.0. The summed E-state index contributed by atoms with van der Waals surface area (Å²) in [5, 5.41) is 27.0. The Balaban J connectivity index is 3.80. The molecule has 5 heteroatoms. The van der Waals surface area contributed by atoms with Crippen molar-refractivity contribution in [2.45, 2.75) is 115 Å². The lowest BCUT2D eigenvalue weighted by Gasteiger charge is -2.19. The fourth-order valence-corrected chi connectivity index (χ4v) is 3.12. The SMILES string of the molecule is CCCCCCCCCCCC(CCCCCC(=O)O)OCC(O)CO. The standard InChI is InChI=1S/C21H42O5/c1-2-3-4-5-6-7-8-9-11-14-20(26-18-19(23)17-22)15-12-10-13-16-21(24)25/h19-20,22-23H,2-18H2,1H3,(H,24,25). The van der Waals surface area contributed by atoms with Crippen LogP contribution in [0.1, 0.15) is 103 Å². The highest BCUT2D eigenvalue weighted by Crippen LogP contribution is 2.17. The van der Waals surface area contributed by atoms with Crippen LogP contribution in [0.4, 0.5) is 0 Å². The van der Waals surface area contributed by atoms with Crippen molar-refractivity contribution in [2.75, 3.05) is 13.2 Å². The number of aliphatic hydroxyl groups is 2. The van der Waals surface area contributed by atoms with Crippen molar-refractivity contribution in [1.82, 2.24) is 0 Å². The number of unbranched alkanes of at least 4 members (excludes halogenated alkanes) is 10. The Bertz CT molecular complexity index is 309. The number of hydrogen-bond acceptors (Lipinski definition) is 4. The van der Waals surface area contributed by atoms with E-state index in [-0.39, 0.29) is 25.7 Å². The molecule has 0 amide bonds. The van der Waals surface area contributed by atoms with Gasteiger partial charge in [-0.3, -0.25) is 4.79 Å². The third kappa shape index (κ3) is 18.2. The largest absolute Gasteiger partial charge is 0.481 e. The van der Waals surface area contributed by atoms with E-state index in [0.717, 1.165) is 32.1 Å². The van der Waals surface area contributed by atoms with E-state index in [2.05, 4.69) is 6.92 Å². The normalized spacial score (nSPS) is 13.7. The molecular formula is C21H42O5. The maximum Gasteiger partial charge on any atom is 0.303 e. The van der Waals surface area contributed by atoms with E-state index in [4.69, 9.17) is 14.9 Å². The minimum Gasteiger partial charge on any atom is -0.481 e. The maximum atomic E-state index is 10.5. The maximum absolute atomic E-state index is 10.5. The number of carbonyl (C=O) groups is 1. The molecule has 0 saturated heterocycles. The van der Waals surface area contributed by atoms with Gasteiger partial charge in [-0.05, 0) is 19.3 Å². The highest BCUT2D eigenvalue weighted by atomic mass is 16.5. The average Bonchev–Trinajstić information content (AvgIpc) is 2.63. The van der Waals surface area contributed by atoms with E-state index in [1.807, 2.05) is 0 Å². The topological polar surface area (TPSA) is 87.0 Å². The van der Waals surface area contributed by atoms with Crippen LogP contribution in [-0.2, 0) is 9.53 Å². The molecule has 0 heterocycles. The molecular weight excluding hydrogens is 332 g/mol. The smallest absolute Gasteiger partial charge is 0.303 e. The third-order valence-electron chi connectivity index (χ3n) is 4.78. The number of hydrogen-bond donors (Lipinski definition) is 3. The van der Waals surface area contributed by atoms with Gasteiger partial charge in [0.15, 0.2) is 0 Å². The predicted octanol–water partition coefficient (Wildman–Crippen LogP) is 4.68. The summed E-state index contributed by atoms with van der Waals surface area (Å²) >= 11 is 0. The van der Waals surface area contributed by atoms with Gasteiger partial charge < -0.3 is 20.1 Å². The number of aliphatic carboxylic acids is 1. The second kappa shape index (κ2) is 19.1. The second-order valence-corrected chi connectivity index (χ2v) is 7.40. The Morgan fingerprint density at radius 2 is 1.35 bits per heavy atom. The van der Waals surface area contributed by atoms with Gasteiger partial charge in [-0.1, -0.05) is 77.6 Å². The molecule has 2 unspecified atom stereocenters. The first-order chi connectivity index (χ1) is 12.6. The molecule has 0 saturated carbocycles. The Morgan fingerprint density at radius 3 is 1.85 bits per heavy atom. The molecule has 0 aliphatic rings. The summed E-state index contributed by atoms with van der Waals surface area (Å²) in [4.78, 5) is 10.5. The summed E-state index contributed by atoms with van der Waals surface area (Å²) in [5.74, 6) is -0.737. The molecule has 156 valence electrons. The van der Waals surface area contributed by atoms with Gasteiger partial charge in [0.05, 0.1) is 19.3 Å². The van der Waals surface area contributed by atoms with Crippen molar-refractivity contribution in [1.29, 1.82) is 0 Å². The molecule has 0 fully saturated rings. The van der Waals surface area contributed by atoms with E-state index in [9.17, 15) is 9.90 Å². The first kappa shape index (κ1) is 25.4. The summed E-state index contributed by atoms with van der Waals surface area (Å²) in [6, 6.07) is 0. The number of carboxylic acid groups (broad SMARTS) is 1. The van der Waals surface area contributed by atoms with E-state index >= 15 is 0 Å². The third-order valence-corrected chi connectivity index (χ3v) is 4.78. The van der Waals surface area contributed by atoms with Crippen molar-refractivity contribution in [2.24, 2.45) is 0 Å². The van der Waals surface area contributed by atoms with Crippen LogP contribution < -0.4 is 0 Å². The number of ether oxygens (including phenoxy) is 1. The Labute approximate surface area is 160 Å². The number of rotatable bonds is 20. The van der Waals surface area contributed by atoms with Gasteiger partial charge in [0.25, 0.3) is 0 Å². The van der Waals surface area contributed by atoms with Crippen molar-refractivity contribution in [3.05, 3.63) is 0 Å². The zero-order valence-electron chi connectivity index (χ0n) is 16.8. The molecule has 0 aliphatic carbocycles. The van der Waals surface area contributed by atoms with Crippen LogP contribution in [0.15, 0.2) is 0 Å². The summed E-state index contributed by atoms with van der Waals surface area (Å²) in [7, 11) is 0. The molecule has 2 atom stereocenters. The van der Waals surface area contributed by atoms with Crippen LogP contribution in [0.3, 0.4) is 0 Å². The van der Waals surface area contributed by atoms with Crippen LogP contribution in [0, 0.1) is 0 Å². The van der Waals surface area contributed by atoms with Crippen LogP contribution in [-0.4, -0.2) is 46.7 Å². The molecule has 3 N–H and O–H groups in total. The molecule has 0 bridgehead atoms. The highest BCUT2D eigenvalue weighted by Gasteiger charge is 2.12. The first-order valence-electron chi connectivity index (χ1n) is 10.7. The zero-order valence-corrected chi connectivity index (χ0v) is 16.8. The van der Waals surface area contributed by atoms with Gasteiger partial charge in [0, 0.05) is 6.42 Å². The molecule has 0 aromatic heterocycles. The van der Waals surface area contributed by atoms with Crippen molar-refractivity contribution >= 4 is 5.97 Å². The van der Waals surface area contributed by atoms with Crippen molar-refractivity contribution in [3.63, 3.8) is 0 Å². The highest BCUT2D eigenvalue weighted by molar-refractivity contribution is 5.66. The molecule has 0 rings (SSSR count). The van der Waals surface area contributed by atoms with Crippen LogP contribution >= 0.6 is 0 Å². The van der Waals surface area contributed by atoms with Crippen LogP contribution in [0.2, 0.25) is 0 Å². The van der Waals surface area contributed by atoms with Crippen molar-refractivity contribution < 1.29 is 24.9 Å². The molecule has 0 radical (unpaired) electrons. The zero-order chi connectivity index (χ0) is 19.5. The summed E-state index contributed by atoms with van der Waals surface area (Å²) in [5.41, 5.74) is 0. The van der Waals surface area contributed by atoms with Gasteiger partial charge in [-0.2, -0.15) is 0 Å². The Kier molecular flexibility index (Phi) is 18.6. The fraction of sp³-hybridized carbons (Fsp3) is 0.952. The summed E-state index contributed by atoms with van der Waals surface area (Å²) in [6.07, 6.45) is 15.6. The van der Waals surface area contributed by atoms with Crippen LogP contribution in [0.5, 0.6) is 0 Å². The average molecular weight is 375 g/mol. The van der Waals surface area contributed by atoms with E-state index < -0.39 is 12.1 Å². The lowest BCUT2D eigenvalue weighted by Crippen LogP contribution is -2.24. The molecule has 5 nitrogen and oxygen atoms in total. The number of carboxylic acids is 1. The summed E-state index contributed by atoms with van der Waals surface area (Å²) in [6.45, 7) is 2.14. The Morgan fingerprint density at radius 1 is 0.846 bits per heavy atom. The van der Waals surface area contributed by atoms with Gasteiger partial charge in [0.1, 0.15) is 6.10 Å². The number of aliphatic hydroxyl groups excluding tert-OH is 2. The van der Waals surface area contributed by atoms with Crippen molar-refractivity contribution in [3.8, 4) is 0 Å². The van der Waals surface area contributed by atoms with Crippen LogP contribution in [0.25, 0.3) is 0 Å². The molecule has 26 heavy (non-hydrogen) atoms. The molecule has 0 aliphatic heterocycles. The van der Waals surface area contributed by atoms with Gasteiger partial charge in [0.2, 0.25) is 0 Å². The quantitative estimate of drug-likeness (QED) is 0.269. The summed E-state index contributed by atoms with van der Waals surface area (Å²) < 4.78 is 5.77.